The molecule has 1 aliphatic carbocycles. The van der Waals surface area contributed by atoms with Crippen LogP contribution in [0.5, 0.6) is 0 Å². The van der Waals surface area contributed by atoms with Crippen LogP contribution in [0.25, 0.3) is 0 Å². The summed E-state index contributed by atoms with van der Waals surface area (Å²) >= 11 is 0. The molecule has 1 N–H and O–H groups in total. The lowest BCUT2D eigenvalue weighted by Gasteiger charge is -2.11. The van der Waals surface area contributed by atoms with Gasteiger partial charge in [-0.2, -0.15) is 0 Å². The van der Waals surface area contributed by atoms with Crippen LogP contribution in [0.3, 0.4) is 0 Å². The van der Waals surface area contributed by atoms with Gasteiger partial charge in [0.25, 0.3) is 0 Å². The van der Waals surface area contributed by atoms with Gasteiger partial charge in [0.2, 0.25) is 0 Å². The van der Waals surface area contributed by atoms with E-state index >= 15 is 0 Å². The van der Waals surface area contributed by atoms with Crippen LogP contribution in [0.15, 0.2) is 17.7 Å². The molecule has 0 bridgehead atoms. The van der Waals surface area contributed by atoms with E-state index in [0.717, 1.165) is 18.4 Å². The van der Waals surface area contributed by atoms with Crippen molar-refractivity contribution >= 4 is 5.97 Å². The average molecular weight is 165 g/mol. The zero-order valence-corrected chi connectivity index (χ0v) is 7.21. The molecule has 1 radical (unpaired) electrons. The van der Waals surface area contributed by atoms with E-state index in [0.29, 0.717) is 6.42 Å². The lowest BCUT2D eigenvalue weighted by atomic mass is 9.94. The Bertz CT molecular complexity index is 226. The fourth-order valence-corrected chi connectivity index (χ4v) is 1.29. The van der Waals surface area contributed by atoms with Crippen LogP contribution in [-0.2, 0) is 4.79 Å². The maximum Gasteiger partial charge on any atom is 0.310 e. The third-order valence-electron chi connectivity index (χ3n) is 1.90. The van der Waals surface area contributed by atoms with Gasteiger partial charge < -0.3 is 5.11 Å². The molecule has 0 amide bonds. The van der Waals surface area contributed by atoms with Gasteiger partial charge in [-0.05, 0) is 18.9 Å². The van der Waals surface area contributed by atoms with Crippen LogP contribution in [-0.4, -0.2) is 11.1 Å². The molecule has 65 valence electrons. The summed E-state index contributed by atoms with van der Waals surface area (Å²) in [5, 5.41) is 8.73. The van der Waals surface area contributed by atoms with E-state index in [9.17, 15) is 4.79 Å². The normalized spacial score (nSPS) is 22.1. The Hall–Kier alpha value is -1.05. The van der Waals surface area contributed by atoms with E-state index in [1.165, 1.54) is 0 Å². The van der Waals surface area contributed by atoms with Crippen molar-refractivity contribution in [3.63, 3.8) is 0 Å². The second-order valence-corrected chi connectivity index (χ2v) is 2.99. The van der Waals surface area contributed by atoms with Gasteiger partial charge in [0, 0.05) is 0 Å². The van der Waals surface area contributed by atoms with Gasteiger partial charge in [-0.1, -0.05) is 31.1 Å². The van der Waals surface area contributed by atoms with E-state index < -0.39 is 5.97 Å². The molecule has 0 saturated heterocycles. The zero-order chi connectivity index (χ0) is 8.97. The van der Waals surface area contributed by atoms with Crippen molar-refractivity contribution in [2.45, 2.75) is 26.2 Å². The number of carbonyl (C=O) groups is 1. The van der Waals surface area contributed by atoms with Crippen LogP contribution in [0, 0.1) is 12.0 Å². The molecule has 0 aliphatic heterocycles. The van der Waals surface area contributed by atoms with Gasteiger partial charge in [0.15, 0.2) is 0 Å². The first-order chi connectivity index (χ1) is 5.74. The van der Waals surface area contributed by atoms with Crippen molar-refractivity contribution in [2.75, 3.05) is 0 Å². The highest BCUT2D eigenvalue weighted by Crippen LogP contribution is 2.19. The highest BCUT2D eigenvalue weighted by molar-refractivity contribution is 5.73. The Labute approximate surface area is 72.6 Å². The van der Waals surface area contributed by atoms with E-state index in [1.807, 2.05) is 12.2 Å². The predicted octanol–water partition coefficient (Wildman–Crippen LogP) is 2.18. The minimum absolute atomic E-state index is 0.350. The molecule has 1 rings (SSSR count). The lowest BCUT2D eigenvalue weighted by Crippen LogP contribution is -2.12. The molecule has 1 aliphatic rings. The molecule has 2 heteroatoms. The highest BCUT2D eigenvalue weighted by atomic mass is 16.4. The Kier molecular flexibility index (Phi) is 3.09. The fourth-order valence-electron chi connectivity index (χ4n) is 1.29. The van der Waals surface area contributed by atoms with Gasteiger partial charge in [-0.25, -0.2) is 0 Å². The second-order valence-electron chi connectivity index (χ2n) is 2.99. The summed E-state index contributed by atoms with van der Waals surface area (Å²) < 4.78 is 0. The third-order valence-corrected chi connectivity index (χ3v) is 1.90. The fraction of sp³-hybridized carbons (Fsp3) is 0.500. The van der Waals surface area contributed by atoms with Gasteiger partial charge >= 0.3 is 5.97 Å². The number of hydrogen-bond donors (Lipinski definition) is 1. The smallest absolute Gasteiger partial charge is 0.310 e. The van der Waals surface area contributed by atoms with Crippen LogP contribution in [0.4, 0.5) is 0 Å². The van der Waals surface area contributed by atoms with Gasteiger partial charge in [0.1, 0.15) is 0 Å². The number of allylic oxidation sites excluding steroid dienone is 3. The summed E-state index contributed by atoms with van der Waals surface area (Å²) in [4.78, 5) is 10.6. The second kappa shape index (κ2) is 4.10. The molecule has 0 unspecified atom stereocenters. The monoisotopic (exact) mass is 165 g/mol. The van der Waals surface area contributed by atoms with Crippen molar-refractivity contribution in [2.24, 2.45) is 5.92 Å². The number of rotatable bonds is 3. The minimum Gasteiger partial charge on any atom is -0.481 e. The number of carboxylic acids is 1. The standard InChI is InChI=1S/C10H13O2/c1-2-4-8-5-3-6-9(7-8)10(11)12/h5,7,9H,2,4,6H2,1H3,(H,11,12)/t9-/m0/s1. The Morgan fingerprint density at radius 2 is 2.58 bits per heavy atom. The first kappa shape index (κ1) is 9.04. The molecule has 0 heterocycles. The van der Waals surface area contributed by atoms with Crippen molar-refractivity contribution in [3.8, 4) is 0 Å². The third kappa shape index (κ3) is 2.22. The summed E-state index contributed by atoms with van der Waals surface area (Å²) in [6.07, 6.45) is 9.24. The van der Waals surface area contributed by atoms with Crippen molar-refractivity contribution < 1.29 is 9.90 Å². The lowest BCUT2D eigenvalue weighted by molar-refractivity contribution is -0.140. The number of carboxylic acid groups (broad SMARTS) is 1. The summed E-state index contributed by atoms with van der Waals surface area (Å²) in [6.45, 7) is 2.08. The summed E-state index contributed by atoms with van der Waals surface area (Å²) in [5.41, 5.74) is 1.11. The average Bonchev–Trinajstić information content (AvgIpc) is 2.05. The number of hydrogen-bond acceptors (Lipinski definition) is 1. The number of aliphatic carboxylic acids is 1. The topological polar surface area (TPSA) is 37.3 Å². The van der Waals surface area contributed by atoms with Crippen LogP contribution < -0.4 is 0 Å². The predicted molar refractivity (Wildman–Crippen MR) is 46.5 cm³/mol. The zero-order valence-electron chi connectivity index (χ0n) is 7.21. The molecule has 12 heavy (non-hydrogen) atoms. The molecule has 0 spiro atoms. The Morgan fingerprint density at radius 3 is 3.17 bits per heavy atom. The Morgan fingerprint density at radius 1 is 1.83 bits per heavy atom. The van der Waals surface area contributed by atoms with E-state index in [2.05, 4.69) is 13.0 Å². The Balaban J connectivity index is 2.62. The van der Waals surface area contributed by atoms with Crippen molar-refractivity contribution in [1.82, 2.24) is 0 Å². The van der Waals surface area contributed by atoms with E-state index in [-0.39, 0.29) is 5.92 Å². The van der Waals surface area contributed by atoms with Crippen molar-refractivity contribution in [1.29, 1.82) is 0 Å². The summed E-state index contributed by atoms with van der Waals surface area (Å²) in [7, 11) is 0. The van der Waals surface area contributed by atoms with Crippen LogP contribution in [0.1, 0.15) is 26.2 Å². The van der Waals surface area contributed by atoms with Crippen molar-refractivity contribution in [3.05, 3.63) is 23.8 Å². The minimum atomic E-state index is -0.746. The van der Waals surface area contributed by atoms with Crippen LogP contribution >= 0.6 is 0 Å². The van der Waals surface area contributed by atoms with E-state index in [1.54, 1.807) is 0 Å². The largest absolute Gasteiger partial charge is 0.481 e. The van der Waals surface area contributed by atoms with Gasteiger partial charge in [-0.3, -0.25) is 4.79 Å². The summed E-state index contributed by atoms with van der Waals surface area (Å²) in [5.74, 6) is -1.10. The maximum absolute atomic E-state index is 10.6. The summed E-state index contributed by atoms with van der Waals surface area (Å²) in [6, 6.07) is 0. The van der Waals surface area contributed by atoms with Crippen LogP contribution in [0.2, 0.25) is 0 Å². The molecule has 0 aromatic heterocycles. The maximum atomic E-state index is 10.6. The van der Waals surface area contributed by atoms with Gasteiger partial charge in [-0.15, -0.1) is 0 Å². The highest BCUT2D eigenvalue weighted by Gasteiger charge is 2.15. The molecule has 2 nitrogen and oxygen atoms in total. The SMILES string of the molecule is CCCC1=C[C@@H](C(=O)O)C[C]=C1. The molecular formula is C10H13O2. The first-order valence-corrected chi connectivity index (χ1v) is 4.24. The first-order valence-electron chi connectivity index (χ1n) is 4.24. The molecular weight excluding hydrogens is 152 g/mol. The molecule has 0 aromatic carbocycles. The molecule has 0 aromatic rings. The molecule has 0 saturated carbocycles. The van der Waals surface area contributed by atoms with Gasteiger partial charge in [0.05, 0.1) is 5.92 Å². The van der Waals surface area contributed by atoms with E-state index in [4.69, 9.17) is 5.11 Å². The molecule has 0 fully saturated rings. The molecule has 1 atom stereocenters. The quantitative estimate of drug-likeness (QED) is 0.695.